The summed E-state index contributed by atoms with van der Waals surface area (Å²) in [7, 11) is -2.57. The van der Waals surface area contributed by atoms with Crippen molar-refractivity contribution in [3.8, 4) is 5.75 Å². The number of hydrogen-bond acceptors (Lipinski definition) is 6. The van der Waals surface area contributed by atoms with Gasteiger partial charge in [0.1, 0.15) is 15.7 Å². The highest BCUT2D eigenvalue weighted by atomic mass is 35.5. The largest absolute Gasteiger partial charge is 0.491 e. The first-order valence-electron chi connectivity index (χ1n) is 16.0. The van der Waals surface area contributed by atoms with Crippen LogP contribution in [0.5, 0.6) is 5.75 Å². The van der Waals surface area contributed by atoms with E-state index >= 15 is 0 Å². The molecule has 0 spiro atoms. The summed E-state index contributed by atoms with van der Waals surface area (Å²) in [6.07, 6.45) is 3.05. The third-order valence-electron chi connectivity index (χ3n) is 9.65. The van der Waals surface area contributed by atoms with Crippen LogP contribution in [0.3, 0.4) is 0 Å². The Kier molecular flexibility index (Phi) is 10.9. The Balaban J connectivity index is 1.67. The summed E-state index contributed by atoms with van der Waals surface area (Å²) >= 11 is 6.39. The number of fused-ring (bicyclic) bond motifs is 3. The minimum absolute atomic E-state index is 0.0179. The number of alkyl halides is 3. The molecule has 47 heavy (non-hydrogen) atoms. The van der Waals surface area contributed by atoms with E-state index in [1.807, 2.05) is 30.4 Å². The molecule has 2 amide bonds. The third-order valence-corrected chi connectivity index (χ3v) is 12.3. The van der Waals surface area contributed by atoms with E-state index in [1.165, 1.54) is 13.0 Å². The lowest BCUT2D eigenvalue weighted by molar-refractivity contribution is -0.171. The van der Waals surface area contributed by atoms with Crippen LogP contribution in [-0.4, -0.2) is 53.8 Å². The van der Waals surface area contributed by atoms with Crippen LogP contribution in [0, 0.1) is 17.8 Å². The lowest BCUT2D eigenvalue weighted by atomic mass is 9.70. The monoisotopic (exact) mass is 695 g/mol. The first-order chi connectivity index (χ1) is 22.3. The zero-order valence-electron chi connectivity index (χ0n) is 26.7. The zero-order chi connectivity index (χ0) is 33.9. The average Bonchev–Trinajstić information content (AvgIpc) is 3.03. The number of carbonyl (C=O) groups is 2. The number of carbonyl (C=O) groups excluding carboxylic acids is 2. The number of nitrogens with one attached hydrogen (secondary N) is 1. The molecule has 0 saturated heterocycles. The Morgan fingerprint density at radius 3 is 2.62 bits per heavy atom. The number of anilines is 1. The molecule has 1 unspecified atom stereocenters. The van der Waals surface area contributed by atoms with Crippen molar-refractivity contribution in [1.82, 2.24) is 4.72 Å². The van der Waals surface area contributed by atoms with Crippen LogP contribution in [0.4, 0.5) is 18.9 Å². The molecule has 1 fully saturated rings. The molecule has 2 bridgehead atoms. The van der Waals surface area contributed by atoms with Gasteiger partial charge in [-0.3, -0.25) is 14.3 Å². The van der Waals surface area contributed by atoms with E-state index in [0.29, 0.717) is 42.6 Å². The van der Waals surface area contributed by atoms with Gasteiger partial charge in [-0.05, 0) is 105 Å². The number of benzene rings is 2. The molecule has 1 aliphatic carbocycles. The van der Waals surface area contributed by atoms with Gasteiger partial charge in [0, 0.05) is 30.8 Å². The molecule has 0 aromatic heterocycles. The smallest absolute Gasteiger partial charge is 0.472 e. The molecule has 1 N–H and O–H groups in total. The predicted molar refractivity (Wildman–Crippen MR) is 176 cm³/mol. The Morgan fingerprint density at radius 1 is 1.13 bits per heavy atom. The number of allylic oxidation sites excluding steroid dienone is 1. The van der Waals surface area contributed by atoms with E-state index < -0.39 is 39.1 Å². The number of methoxy groups -OCH3 is 1. The second-order valence-electron chi connectivity index (χ2n) is 12.7. The molecule has 1 saturated carbocycles. The van der Waals surface area contributed by atoms with E-state index in [0.717, 1.165) is 43.2 Å². The normalized spacial score (nSPS) is 29.5. The van der Waals surface area contributed by atoms with Gasteiger partial charge in [-0.25, -0.2) is 4.21 Å². The summed E-state index contributed by atoms with van der Waals surface area (Å²) < 4.78 is 71.8. The van der Waals surface area contributed by atoms with Crippen molar-refractivity contribution in [3.05, 3.63) is 70.3 Å². The van der Waals surface area contributed by atoms with Crippen LogP contribution in [-0.2, 0) is 32.4 Å². The standard InChI is InChI=1S/C34H41ClF3N3O5S/c1-21-7-6-9-30(45-3)28-14-11-26(28)20-41-19-25-10-13-27(35)17-23(25)8-4-5-16-46-31-15-12-24(18-29(31)41)32(42)39-47(44,22(21)2)40-33(43)34(36,37)38/h6,9-10,12-13,15,17-18,21-22,26,28,30H,4-5,7-8,11,14,16,19-20H2,1-3H3,(H,39,40,42,43,44)/b9-6+/t21-,22+,26-,28+,30-,47?/m0/s1. The highest BCUT2D eigenvalue weighted by Gasteiger charge is 2.43. The molecule has 8 nitrogen and oxygen atoms in total. The van der Waals surface area contributed by atoms with Crippen molar-refractivity contribution < 1.29 is 36.4 Å². The van der Waals surface area contributed by atoms with Crippen molar-refractivity contribution in [2.24, 2.45) is 22.1 Å². The summed E-state index contributed by atoms with van der Waals surface area (Å²) in [5.41, 5.74) is 2.84. The maximum atomic E-state index is 14.1. The fourth-order valence-electron chi connectivity index (χ4n) is 6.49. The Bertz CT molecular complexity index is 1640. The lowest BCUT2D eigenvalue weighted by Gasteiger charge is -2.43. The molecule has 2 aromatic carbocycles. The number of ether oxygens (including phenoxy) is 2. The predicted octanol–water partition coefficient (Wildman–Crippen LogP) is 7.29. The van der Waals surface area contributed by atoms with Crippen LogP contribution in [0.25, 0.3) is 0 Å². The van der Waals surface area contributed by atoms with Gasteiger partial charge in [-0.15, -0.1) is 4.36 Å². The fraction of sp³-hybridized carbons (Fsp3) is 0.529. The molecule has 2 aliphatic heterocycles. The summed E-state index contributed by atoms with van der Waals surface area (Å²) in [4.78, 5) is 27.9. The SMILES string of the molecule is CO[C@H]1/C=C/C[C@H](C)[C@@H](C)S(=O)(NC(=O)C(F)(F)F)=NC(=O)c2ccc3c(c2)N(Cc2ccc(Cl)cc2CCCCO3)C[C@@H]2CC[C@H]21. The molecule has 6 atom stereocenters. The van der Waals surface area contributed by atoms with E-state index in [1.54, 1.807) is 30.9 Å². The minimum atomic E-state index is -5.32. The number of aryl methyl sites for hydroxylation is 1. The van der Waals surface area contributed by atoms with Gasteiger partial charge in [0.25, 0.3) is 5.91 Å². The maximum absolute atomic E-state index is 14.1. The number of halogens is 4. The van der Waals surface area contributed by atoms with Crippen molar-refractivity contribution in [2.45, 2.75) is 76.4 Å². The van der Waals surface area contributed by atoms with Gasteiger partial charge in [0.2, 0.25) is 0 Å². The van der Waals surface area contributed by atoms with Crippen LogP contribution in [0.2, 0.25) is 5.02 Å². The topological polar surface area (TPSA) is 97.3 Å². The van der Waals surface area contributed by atoms with Gasteiger partial charge >= 0.3 is 12.1 Å². The van der Waals surface area contributed by atoms with Crippen molar-refractivity contribution in [3.63, 3.8) is 0 Å². The van der Waals surface area contributed by atoms with E-state index in [4.69, 9.17) is 21.1 Å². The first-order valence-corrected chi connectivity index (χ1v) is 17.9. The fourth-order valence-corrected chi connectivity index (χ4v) is 8.55. The molecular weight excluding hydrogens is 655 g/mol. The molecule has 13 heteroatoms. The second-order valence-corrected chi connectivity index (χ2v) is 15.4. The van der Waals surface area contributed by atoms with Gasteiger partial charge in [0.15, 0.2) is 0 Å². The Hall–Kier alpha value is -3.09. The number of rotatable bonds is 2. The van der Waals surface area contributed by atoms with Crippen LogP contribution < -0.4 is 14.4 Å². The van der Waals surface area contributed by atoms with E-state index in [-0.39, 0.29) is 23.5 Å². The molecule has 2 heterocycles. The van der Waals surface area contributed by atoms with Gasteiger partial charge < -0.3 is 14.4 Å². The van der Waals surface area contributed by atoms with E-state index in [2.05, 4.69) is 9.26 Å². The van der Waals surface area contributed by atoms with Crippen LogP contribution >= 0.6 is 11.6 Å². The number of amides is 2. The highest BCUT2D eigenvalue weighted by molar-refractivity contribution is 7.93. The second kappa shape index (κ2) is 14.6. The summed E-state index contributed by atoms with van der Waals surface area (Å²) in [5, 5.41) is -0.451. The lowest BCUT2D eigenvalue weighted by Crippen LogP contribution is -2.46. The van der Waals surface area contributed by atoms with Crippen LogP contribution in [0.1, 0.15) is 67.4 Å². The first kappa shape index (κ1) is 35.2. The average molecular weight is 696 g/mol. The third kappa shape index (κ3) is 8.14. The van der Waals surface area contributed by atoms with Crippen LogP contribution in [0.15, 0.2) is 52.9 Å². The van der Waals surface area contributed by atoms with Gasteiger partial charge in [0.05, 0.1) is 23.6 Å². The Morgan fingerprint density at radius 2 is 1.91 bits per heavy atom. The zero-order valence-corrected chi connectivity index (χ0v) is 28.3. The van der Waals surface area contributed by atoms with Gasteiger partial charge in [-0.2, -0.15) is 13.2 Å². The quantitative estimate of drug-likeness (QED) is 0.332. The number of nitrogens with zero attached hydrogens (tertiary/aromatic N) is 2. The van der Waals surface area contributed by atoms with Crippen molar-refractivity contribution in [1.29, 1.82) is 0 Å². The summed E-state index contributed by atoms with van der Waals surface area (Å²) in [6, 6.07) is 10.6. The van der Waals surface area contributed by atoms with Gasteiger partial charge in [-0.1, -0.05) is 36.7 Å². The summed E-state index contributed by atoms with van der Waals surface area (Å²) in [5.74, 6) is -2.89. The van der Waals surface area contributed by atoms with E-state index in [9.17, 15) is 27.0 Å². The molecule has 2 aromatic rings. The molecule has 3 aliphatic rings. The minimum Gasteiger partial charge on any atom is -0.491 e. The molecular formula is C34H41ClF3N3O5S. The maximum Gasteiger partial charge on any atom is 0.472 e. The van der Waals surface area contributed by atoms with Crippen molar-refractivity contribution >= 4 is 39.0 Å². The molecule has 5 rings (SSSR count). The highest BCUT2D eigenvalue weighted by Crippen LogP contribution is 2.42. The summed E-state index contributed by atoms with van der Waals surface area (Å²) in [6.45, 7) is 4.68. The Labute approximate surface area is 279 Å². The molecule has 0 radical (unpaired) electrons. The number of hydrogen-bond donors (Lipinski definition) is 1. The van der Waals surface area contributed by atoms with Crippen molar-refractivity contribution in [2.75, 3.05) is 25.2 Å². The molecule has 256 valence electrons.